The fraction of sp³-hybridized carbons (Fsp3) is 0.167. The zero-order valence-corrected chi connectivity index (χ0v) is 17.7. The molecule has 0 aliphatic heterocycles. The number of esters is 1. The maximum absolute atomic E-state index is 12.8. The van der Waals surface area contributed by atoms with Crippen LogP contribution in [-0.4, -0.2) is 47.3 Å². The molecule has 2 heterocycles. The minimum absolute atomic E-state index is 0.0733. The molecule has 1 aromatic carbocycles. The average Bonchev–Trinajstić information content (AvgIpc) is 2.73. The van der Waals surface area contributed by atoms with Gasteiger partial charge >= 0.3 is 16.1 Å². The third-order valence-electron chi connectivity index (χ3n) is 4.10. The number of anilines is 1. The number of benzene rings is 1. The second kappa shape index (κ2) is 8.34. The Morgan fingerprint density at radius 3 is 2.47 bits per heavy atom. The Hall–Kier alpha value is -3.09. The number of aromatic nitrogens is 2. The Morgan fingerprint density at radius 2 is 1.87 bits per heavy atom. The van der Waals surface area contributed by atoms with Crippen LogP contribution in [0.1, 0.15) is 16.1 Å². The summed E-state index contributed by atoms with van der Waals surface area (Å²) in [5.41, 5.74) is 0.235. The van der Waals surface area contributed by atoms with Crippen LogP contribution in [0.5, 0.6) is 5.75 Å². The lowest BCUT2D eigenvalue weighted by Gasteiger charge is -2.23. The Bertz CT molecular complexity index is 1240. The Balaban J connectivity index is 2.28. The summed E-state index contributed by atoms with van der Waals surface area (Å²) in [5, 5.41) is 0.158. The molecule has 0 aliphatic rings. The van der Waals surface area contributed by atoms with Crippen LogP contribution in [0.15, 0.2) is 47.5 Å². The minimum atomic E-state index is -4.36. The van der Waals surface area contributed by atoms with Gasteiger partial charge in [0.1, 0.15) is 16.2 Å². The maximum Gasteiger partial charge on any atom is 0.360 e. The van der Waals surface area contributed by atoms with Crippen molar-refractivity contribution >= 4 is 44.1 Å². The van der Waals surface area contributed by atoms with Crippen molar-refractivity contribution in [3.8, 4) is 5.75 Å². The molecule has 12 heteroatoms. The summed E-state index contributed by atoms with van der Waals surface area (Å²) < 4.78 is 59.2. The first-order chi connectivity index (χ1) is 14.2. The van der Waals surface area contributed by atoms with Crippen LogP contribution in [0.4, 0.5) is 5.82 Å². The smallest absolute Gasteiger partial charge is 0.360 e. The fourth-order valence-electron chi connectivity index (χ4n) is 2.58. The van der Waals surface area contributed by atoms with Gasteiger partial charge < -0.3 is 13.5 Å². The summed E-state index contributed by atoms with van der Waals surface area (Å²) in [6.45, 7) is 1.79. The second-order valence-electron chi connectivity index (χ2n) is 6.07. The van der Waals surface area contributed by atoms with Gasteiger partial charge in [-0.05, 0) is 31.2 Å². The van der Waals surface area contributed by atoms with Gasteiger partial charge in [-0.1, -0.05) is 17.7 Å². The number of methoxy groups -OCH3 is 1. The van der Waals surface area contributed by atoms with Gasteiger partial charge in [0.05, 0.1) is 7.11 Å². The van der Waals surface area contributed by atoms with E-state index in [4.69, 9.17) is 4.18 Å². The van der Waals surface area contributed by atoms with Crippen molar-refractivity contribution in [2.75, 3.05) is 18.5 Å². The van der Waals surface area contributed by atoms with E-state index in [9.17, 15) is 22.0 Å². The molecule has 0 bridgehead atoms. The lowest BCUT2D eigenvalue weighted by Crippen LogP contribution is -2.23. The number of rotatable bonds is 6. The monoisotopic (exact) mass is 450 g/mol. The SMILES string of the molecule is COC(=O)c1nc(N(C)S(=O)[O-])c2cccnc2c1OS(=O)(=O)c1ccc(C)cc1. The van der Waals surface area contributed by atoms with Crippen molar-refractivity contribution in [3.05, 3.63) is 53.9 Å². The number of pyridine rings is 2. The molecule has 2 aromatic heterocycles. The van der Waals surface area contributed by atoms with Crippen LogP contribution in [0.25, 0.3) is 10.9 Å². The largest absolute Gasteiger partial charge is 0.755 e. The third kappa shape index (κ3) is 4.10. The Morgan fingerprint density at radius 1 is 1.20 bits per heavy atom. The van der Waals surface area contributed by atoms with Gasteiger partial charge in [-0.25, -0.2) is 9.78 Å². The number of fused-ring (bicyclic) bond motifs is 1. The normalized spacial score (nSPS) is 12.4. The summed E-state index contributed by atoms with van der Waals surface area (Å²) in [7, 11) is -2.08. The molecule has 0 N–H and O–H groups in total. The van der Waals surface area contributed by atoms with Crippen molar-refractivity contribution < 1.29 is 30.9 Å². The zero-order chi connectivity index (χ0) is 22.1. The number of carbonyl (C=O) groups is 1. The van der Waals surface area contributed by atoms with E-state index in [0.717, 1.165) is 17.0 Å². The zero-order valence-electron chi connectivity index (χ0n) is 16.1. The third-order valence-corrected chi connectivity index (χ3v) is 5.96. The molecule has 0 saturated heterocycles. The molecule has 0 aliphatic carbocycles. The molecular weight excluding hydrogens is 434 g/mol. The van der Waals surface area contributed by atoms with E-state index in [-0.39, 0.29) is 21.6 Å². The number of aryl methyl sites for hydroxylation is 1. The quantitative estimate of drug-likeness (QED) is 0.312. The Kier molecular flexibility index (Phi) is 6.01. The number of nitrogens with zero attached hydrogens (tertiary/aromatic N) is 3. The maximum atomic E-state index is 12.8. The van der Waals surface area contributed by atoms with Crippen molar-refractivity contribution in [3.63, 3.8) is 0 Å². The first-order valence-electron chi connectivity index (χ1n) is 8.37. The molecule has 0 amide bonds. The van der Waals surface area contributed by atoms with E-state index in [0.29, 0.717) is 0 Å². The highest BCUT2D eigenvalue weighted by molar-refractivity contribution is 7.87. The predicted octanol–water partition coefficient (Wildman–Crippen LogP) is 1.72. The highest BCUT2D eigenvalue weighted by Crippen LogP contribution is 2.35. The predicted molar refractivity (Wildman–Crippen MR) is 107 cm³/mol. The van der Waals surface area contributed by atoms with Crippen molar-refractivity contribution in [2.45, 2.75) is 11.8 Å². The average molecular weight is 450 g/mol. The summed E-state index contributed by atoms with van der Waals surface area (Å²) >= 11 is -2.72. The first-order valence-corrected chi connectivity index (χ1v) is 10.8. The molecule has 3 rings (SSSR count). The highest BCUT2D eigenvalue weighted by atomic mass is 32.2. The van der Waals surface area contributed by atoms with Crippen LogP contribution in [0.2, 0.25) is 0 Å². The molecule has 0 saturated carbocycles. The molecule has 10 nitrogen and oxygen atoms in total. The molecular formula is C18H16N3O7S2-. The summed E-state index contributed by atoms with van der Waals surface area (Å²) in [5.74, 6) is -1.64. The van der Waals surface area contributed by atoms with Crippen LogP contribution in [0.3, 0.4) is 0 Å². The van der Waals surface area contributed by atoms with E-state index in [1.807, 2.05) is 0 Å². The van der Waals surface area contributed by atoms with Gasteiger partial charge in [0.2, 0.25) is 5.75 Å². The molecule has 0 fully saturated rings. The summed E-state index contributed by atoms with van der Waals surface area (Å²) in [6, 6.07) is 8.87. The number of hydrogen-bond acceptors (Lipinski definition) is 9. The van der Waals surface area contributed by atoms with E-state index in [2.05, 4.69) is 14.7 Å². The fourth-order valence-corrected chi connectivity index (χ4v) is 3.81. The van der Waals surface area contributed by atoms with Gasteiger partial charge in [-0.2, -0.15) is 8.42 Å². The molecule has 30 heavy (non-hydrogen) atoms. The summed E-state index contributed by atoms with van der Waals surface area (Å²) in [4.78, 5) is 20.3. The van der Waals surface area contributed by atoms with Crippen molar-refractivity contribution in [1.82, 2.24) is 9.97 Å². The number of carbonyl (C=O) groups excluding carboxylic acids is 1. The van der Waals surface area contributed by atoms with Gasteiger partial charge in [0.15, 0.2) is 5.69 Å². The minimum Gasteiger partial charge on any atom is -0.755 e. The van der Waals surface area contributed by atoms with E-state index in [1.165, 1.54) is 37.5 Å². The molecule has 3 aromatic rings. The second-order valence-corrected chi connectivity index (χ2v) is 8.60. The highest BCUT2D eigenvalue weighted by Gasteiger charge is 2.28. The van der Waals surface area contributed by atoms with Crippen molar-refractivity contribution in [2.24, 2.45) is 0 Å². The molecule has 158 valence electrons. The number of ether oxygens (including phenoxy) is 1. The topological polar surface area (TPSA) is 139 Å². The molecule has 0 radical (unpaired) electrons. The standard InChI is InChI=1S/C18H17N3O7S2/c1-11-6-8-12(9-7-11)30(25,26)28-16-14-13(5-4-10-19-14)17(21(2)29(23)24)20-15(16)18(22)27-3/h4-10H,1-3H3,(H,23,24)/p-1. The van der Waals surface area contributed by atoms with Gasteiger partial charge in [-0.15, -0.1) is 0 Å². The van der Waals surface area contributed by atoms with E-state index < -0.39 is 38.8 Å². The molecule has 1 unspecified atom stereocenters. The molecule has 1 atom stereocenters. The van der Waals surface area contributed by atoms with E-state index >= 15 is 0 Å². The van der Waals surface area contributed by atoms with Gasteiger partial charge in [0, 0.05) is 29.9 Å². The van der Waals surface area contributed by atoms with Crippen molar-refractivity contribution in [1.29, 1.82) is 0 Å². The van der Waals surface area contributed by atoms with Crippen LogP contribution < -0.4 is 8.49 Å². The van der Waals surface area contributed by atoms with Gasteiger partial charge in [0.25, 0.3) is 0 Å². The Labute approximate surface area is 175 Å². The van der Waals surface area contributed by atoms with E-state index in [1.54, 1.807) is 19.1 Å². The van der Waals surface area contributed by atoms with Crippen LogP contribution in [0, 0.1) is 6.92 Å². The lowest BCUT2D eigenvalue weighted by molar-refractivity contribution is 0.0592. The molecule has 0 spiro atoms. The van der Waals surface area contributed by atoms with Crippen LogP contribution in [-0.2, 0) is 26.1 Å². The number of hydrogen-bond donors (Lipinski definition) is 0. The lowest BCUT2D eigenvalue weighted by atomic mass is 10.2. The van der Waals surface area contributed by atoms with Crippen LogP contribution >= 0.6 is 0 Å². The first kappa shape index (κ1) is 21.6. The summed E-state index contributed by atoms with van der Waals surface area (Å²) in [6.07, 6.45) is 1.34. The van der Waals surface area contributed by atoms with Gasteiger partial charge in [-0.3, -0.25) is 13.5 Å².